The third kappa shape index (κ3) is 4.29. The molecule has 7 heteroatoms. The Morgan fingerprint density at radius 3 is 2.60 bits per heavy atom. The number of sulfone groups is 1. The summed E-state index contributed by atoms with van der Waals surface area (Å²) < 4.78 is 23.3. The summed E-state index contributed by atoms with van der Waals surface area (Å²) >= 11 is 6.18. The van der Waals surface area contributed by atoms with Gasteiger partial charge in [0.1, 0.15) is 9.84 Å². The van der Waals surface area contributed by atoms with Crippen LogP contribution in [0.3, 0.4) is 0 Å². The molecule has 1 amide bonds. The maximum atomic E-state index is 12.2. The SMILES string of the molecule is CN(C)C(=O)CC1CN(CC2CCS(=O)(=O)CC2)c2ccc(Cl)cc21. The Kier molecular flexibility index (Phi) is 5.30. The molecule has 0 aromatic heterocycles. The molecule has 1 saturated heterocycles. The van der Waals surface area contributed by atoms with Gasteiger partial charge in [-0.05, 0) is 42.5 Å². The van der Waals surface area contributed by atoms with Gasteiger partial charge in [0.05, 0.1) is 11.5 Å². The Morgan fingerprint density at radius 2 is 1.96 bits per heavy atom. The van der Waals surface area contributed by atoms with Gasteiger partial charge in [0.2, 0.25) is 5.91 Å². The minimum atomic E-state index is -2.84. The normalized spacial score (nSPS) is 22.7. The molecule has 1 aromatic rings. The molecule has 0 saturated carbocycles. The summed E-state index contributed by atoms with van der Waals surface area (Å²) in [6.45, 7) is 1.63. The van der Waals surface area contributed by atoms with Gasteiger partial charge in [0.15, 0.2) is 0 Å². The van der Waals surface area contributed by atoms with Crippen LogP contribution in [0.25, 0.3) is 0 Å². The lowest BCUT2D eigenvalue weighted by Crippen LogP contribution is -2.34. The van der Waals surface area contributed by atoms with E-state index in [0.29, 0.717) is 28.9 Å². The highest BCUT2D eigenvalue weighted by Gasteiger charge is 2.33. The van der Waals surface area contributed by atoms with Crippen LogP contribution in [0.15, 0.2) is 18.2 Å². The van der Waals surface area contributed by atoms with Gasteiger partial charge >= 0.3 is 0 Å². The summed E-state index contributed by atoms with van der Waals surface area (Å²) in [6.07, 6.45) is 1.92. The number of hydrogen-bond acceptors (Lipinski definition) is 4. The van der Waals surface area contributed by atoms with Crippen molar-refractivity contribution in [2.24, 2.45) is 5.92 Å². The highest BCUT2D eigenvalue weighted by atomic mass is 35.5. The first-order valence-corrected chi connectivity index (χ1v) is 10.9. The van der Waals surface area contributed by atoms with Crippen LogP contribution in [0.2, 0.25) is 5.02 Å². The van der Waals surface area contributed by atoms with Crippen molar-refractivity contribution in [3.8, 4) is 0 Å². The first kappa shape index (κ1) is 18.5. The van der Waals surface area contributed by atoms with Gasteiger partial charge in [-0.1, -0.05) is 11.6 Å². The highest BCUT2D eigenvalue weighted by molar-refractivity contribution is 7.91. The maximum absolute atomic E-state index is 12.2. The third-order valence-electron chi connectivity index (χ3n) is 5.28. The van der Waals surface area contributed by atoms with Gasteiger partial charge in [0.25, 0.3) is 0 Å². The topological polar surface area (TPSA) is 57.7 Å². The van der Waals surface area contributed by atoms with Crippen LogP contribution in [0.1, 0.15) is 30.7 Å². The number of halogens is 1. The van der Waals surface area contributed by atoms with Crippen LogP contribution < -0.4 is 4.90 Å². The summed E-state index contributed by atoms with van der Waals surface area (Å²) in [5.41, 5.74) is 2.26. The second-order valence-corrected chi connectivity index (χ2v) is 10.1. The zero-order chi connectivity index (χ0) is 18.2. The lowest BCUT2D eigenvalue weighted by Gasteiger charge is -2.29. The van der Waals surface area contributed by atoms with E-state index in [1.54, 1.807) is 19.0 Å². The van der Waals surface area contributed by atoms with Gasteiger partial charge in [-0.25, -0.2) is 8.42 Å². The number of nitrogens with zero attached hydrogens (tertiary/aromatic N) is 2. The quantitative estimate of drug-likeness (QED) is 0.800. The van der Waals surface area contributed by atoms with Crippen molar-refractivity contribution in [1.29, 1.82) is 0 Å². The number of fused-ring (bicyclic) bond motifs is 1. The number of carbonyl (C=O) groups is 1. The van der Waals surface area contributed by atoms with E-state index in [9.17, 15) is 13.2 Å². The van der Waals surface area contributed by atoms with Crippen molar-refractivity contribution in [3.63, 3.8) is 0 Å². The summed E-state index contributed by atoms with van der Waals surface area (Å²) in [5.74, 6) is 1.22. The first-order valence-electron chi connectivity index (χ1n) is 8.70. The number of hydrogen-bond donors (Lipinski definition) is 0. The fraction of sp³-hybridized carbons (Fsp3) is 0.611. The molecular weight excluding hydrogens is 360 g/mol. The molecule has 138 valence electrons. The molecule has 25 heavy (non-hydrogen) atoms. The molecule has 0 bridgehead atoms. The number of anilines is 1. The average Bonchev–Trinajstić information content (AvgIpc) is 2.86. The Bertz CT molecular complexity index is 750. The van der Waals surface area contributed by atoms with E-state index in [-0.39, 0.29) is 11.8 Å². The Balaban J connectivity index is 1.75. The molecule has 2 aliphatic rings. The van der Waals surface area contributed by atoms with Gasteiger partial charge in [-0.15, -0.1) is 0 Å². The second-order valence-electron chi connectivity index (χ2n) is 7.39. The molecule has 5 nitrogen and oxygen atoms in total. The summed E-state index contributed by atoms with van der Waals surface area (Å²) in [7, 11) is 0.711. The molecule has 2 aliphatic heterocycles. The molecule has 2 heterocycles. The van der Waals surface area contributed by atoms with Gasteiger partial charge in [0, 0.05) is 50.2 Å². The lowest BCUT2D eigenvalue weighted by atomic mass is 9.97. The summed E-state index contributed by atoms with van der Waals surface area (Å²) in [4.78, 5) is 16.1. The minimum absolute atomic E-state index is 0.113. The summed E-state index contributed by atoms with van der Waals surface area (Å²) in [5, 5.41) is 0.687. The molecule has 1 aromatic carbocycles. The number of benzene rings is 1. The zero-order valence-corrected chi connectivity index (χ0v) is 16.3. The van der Waals surface area contributed by atoms with E-state index < -0.39 is 9.84 Å². The van der Waals surface area contributed by atoms with E-state index in [1.165, 1.54) is 0 Å². The molecule has 1 fully saturated rings. The molecule has 3 rings (SSSR count). The second kappa shape index (κ2) is 7.16. The van der Waals surface area contributed by atoms with Crippen molar-refractivity contribution in [2.75, 3.05) is 43.6 Å². The zero-order valence-electron chi connectivity index (χ0n) is 14.7. The van der Waals surface area contributed by atoms with Crippen molar-refractivity contribution in [1.82, 2.24) is 4.90 Å². The number of carbonyl (C=O) groups excluding carboxylic acids is 1. The Labute approximate surface area is 154 Å². The smallest absolute Gasteiger partial charge is 0.222 e. The van der Waals surface area contributed by atoms with Gasteiger partial charge < -0.3 is 9.80 Å². The third-order valence-corrected chi connectivity index (χ3v) is 7.23. The predicted octanol–water partition coefficient (Wildman–Crippen LogP) is 2.55. The van der Waals surface area contributed by atoms with E-state index in [1.807, 2.05) is 18.2 Å². The molecule has 1 unspecified atom stereocenters. The van der Waals surface area contributed by atoms with Crippen LogP contribution in [-0.4, -0.2) is 57.9 Å². The minimum Gasteiger partial charge on any atom is -0.370 e. The maximum Gasteiger partial charge on any atom is 0.222 e. The van der Waals surface area contributed by atoms with Crippen molar-refractivity contribution < 1.29 is 13.2 Å². The standard InChI is InChI=1S/C18H25ClN2O3S/c1-20(2)18(22)9-14-12-21(17-4-3-15(19)10-16(14)17)11-13-5-7-25(23,24)8-6-13/h3-4,10,13-14H,5-9,11-12H2,1-2H3. The molecule has 0 N–H and O–H groups in total. The highest BCUT2D eigenvalue weighted by Crippen LogP contribution is 2.40. The van der Waals surface area contributed by atoms with Gasteiger partial charge in [-0.2, -0.15) is 0 Å². The monoisotopic (exact) mass is 384 g/mol. The van der Waals surface area contributed by atoms with E-state index in [0.717, 1.165) is 37.2 Å². The fourth-order valence-electron chi connectivity index (χ4n) is 3.78. The number of rotatable bonds is 4. The van der Waals surface area contributed by atoms with E-state index in [2.05, 4.69) is 4.90 Å². The van der Waals surface area contributed by atoms with Crippen LogP contribution in [0.5, 0.6) is 0 Å². The summed E-state index contributed by atoms with van der Waals surface area (Å²) in [6, 6.07) is 5.88. The fourth-order valence-corrected chi connectivity index (χ4v) is 5.55. The molecule has 0 spiro atoms. The van der Waals surface area contributed by atoms with Crippen molar-refractivity contribution in [2.45, 2.75) is 25.2 Å². The Morgan fingerprint density at radius 1 is 1.28 bits per heavy atom. The molecule has 0 aliphatic carbocycles. The van der Waals surface area contributed by atoms with Crippen LogP contribution in [0.4, 0.5) is 5.69 Å². The number of amides is 1. The van der Waals surface area contributed by atoms with Crippen molar-refractivity contribution in [3.05, 3.63) is 28.8 Å². The Hall–Kier alpha value is -1.27. The van der Waals surface area contributed by atoms with Crippen LogP contribution in [-0.2, 0) is 14.6 Å². The van der Waals surface area contributed by atoms with E-state index >= 15 is 0 Å². The van der Waals surface area contributed by atoms with E-state index in [4.69, 9.17) is 11.6 Å². The average molecular weight is 385 g/mol. The van der Waals surface area contributed by atoms with Crippen molar-refractivity contribution >= 4 is 33.0 Å². The van der Waals surface area contributed by atoms with Crippen LogP contribution >= 0.6 is 11.6 Å². The lowest BCUT2D eigenvalue weighted by molar-refractivity contribution is -0.129. The largest absolute Gasteiger partial charge is 0.370 e. The molecular formula is C18H25ClN2O3S. The van der Waals surface area contributed by atoms with Crippen LogP contribution in [0, 0.1) is 5.92 Å². The van der Waals surface area contributed by atoms with Gasteiger partial charge in [-0.3, -0.25) is 4.79 Å². The predicted molar refractivity (Wildman–Crippen MR) is 101 cm³/mol. The molecule has 1 atom stereocenters. The molecule has 0 radical (unpaired) electrons. The first-order chi connectivity index (χ1) is 11.7.